The summed E-state index contributed by atoms with van der Waals surface area (Å²) < 4.78 is 18.5. The molecule has 0 saturated heterocycles. The Morgan fingerprint density at radius 2 is 1.81 bits per heavy atom. The van der Waals surface area contributed by atoms with Crippen molar-refractivity contribution in [1.29, 1.82) is 0 Å². The summed E-state index contributed by atoms with van der Waals surface area (Å²) in [6.07, 6.45) is 0.0344. The van der Waals surface area contributed by atoms with Gasteiger partial charge in [-0.25, -0.2) is 9.18 Å². The predicted octanol–water partition coefficient (Wildman–Crippen LogP) is 4.87. The fraction of sp³-hybridized carbons (Fsp3) is 0.333. The molecule has 1 saturated carbocycles. The molecule has 5 nitrogen and oxygen atoms in total. The Morgan fingerprint density at radius 1 is 1.11 bits per heavy atom. The second kappa shape index (κ2) is 7.78. The minimum atomic E-state index is -0.755. The van der Waals surface area contributed by atoms with Gasteiger partial charge < -0.3 is 10.1 Å². The van der Waals surface area contributed by atoms with Crippen molar-refractivity contribution in [1.82, 2.24) is 0 Å². The Hall–Kier alpha value is -2.89. The zero-order valence-corrected chi connectivity index (χ0v) is 15.6. The van der Waals surface area contributed by atoms with Gasteiger partial charge in [-0.3, -0.25) is 10.1 Å². The number of hydrogen-bond acceptors (Lipinski definition) is 3. The summed E-state index contributed by atoms with van der Waals surface area (Å²) in [5.74, 6) is -0.193. The van der Waals surface area contributed by atoms with Gasteiger partial charge in [-0.15, -0.1) is 0 Å². The first-order valence-corrected chi connectivity index (χ1v) is 8.94. The van der Waals surface area contributed by atoms with Crippen molar-refractivity contribution < 1.29 is 18.7 Å². The van der Waals surface area contributed by atoms with Crippen LogP contribution in [0.25, 0.3) is 0 Å². The Kier molecular flexibility index (Phi) is 5.44. The van der Waals surface area contributed by atoms with Gasteiger partial charge in [0.05, 0.1) is 12.8 Å². The van der Waals surface area contributed by atoms with Crippen LogP contribution in [0.15, 0.2) is 42.5 Å². The Bertz CT molecular complexity index is 849. The van der Waals surface area contributed by atoms with Gasteiger partial charge in [-0.05, 0) is 47.6 Å². The van der Waals surface area contributed by atoms with E-state index in [1.807, 2.05) is 0 Å². The molecular weight excluding hydrogens is 347 g/mol. The summed E-state index contributed by atoms with van der Waals surface area (Å²) >= 11 is 0. The molecule has 1 aliphatic carbocycles. The summed E-state index contributed by atoms with van der Waals surface area (Å²) in [6, 6.07) is 12.5. The molecule has 2 aromatic rings. The Morgan fingerprint density at radius 3 is 2.41 bits per heavy atom. The Labute approximate surface area is 157 Å². The molecule has 2 atom stereocenters. The number of ether oxygens (including phenoxy) is 1. The van der Waals surface area contributed by atoms with Crippen LogP contribution < -0.4 is 10.6 Å². The number of carbonyl (C=O) groups excluding carboxylic acids is 2. The second-order valence-corrected chi connectivity index (χ2v) is 7.07. The SMILES string of the molecule is COC(=O)Nc1ccc(NC(=O)[C@@H]2C[C@H]2c2ccc(C(C)C)cc2)cc1F. The second-order valence-electron chi connectivity index (χ2n) is 7.07. The number of halogens is 1. The summed E-state index contributed by atoms with van der Waals surface area (Å²) in [5.41, 5.74) is 2.78. The zero-order chi connectivity index (χ0) is 19.6. The van der Waals surface area contributed by atoms with E-state index >= 15 is 0 Å². The van der Waals surface area contributed by atoms with E-state index < -0.39 is 11.9 Å². The molecule has 0 aliphatic heterocycles. The van der Waals surface area contributed by atoms with Crippen molar-refractivity contribution in [2.45, 2.75) is 32.1 Å². The maximum Gasteiger partial charge on any atom is 0.411 e. The summed E-state index contributed by atoms with van der Waals surface area (Å²) in [7, 11) is 1.20. The predicted molar refractivity (Wildman–Crippen MR) is 102 cm³/mol. The summed E-state index contributed by atoms with van der Waals surface area (Å²) in [4.78, 5) is 23.6. The zero-order valence-electron chi connectivity index (χ0n) is 15.6. The Balaban J connectivity index is 1.60. The van der Waals surface area contributed by atoms with Gasteiger partial charge in [0.2, 0.25) is 5.91 Å². The molecule has 1 aliphatic rings. The highest BCUT2D eigenvalue weighted by Crippen LogP contribution is 2.48. The van der Waals surface area contributed by atoms with Crippen LogP contribution in [-0.4, -0.2) is 19.1 Å². The lowest BCUT2D eigenvalue weighted by molar-refractivity contribution is -0.117. The van der Waals surface area contributed by atoms with E-state index in [0.717, 1.165) is 12.0 Å². The van der Waals surface area contributed by atoms with Gasteiger partial charge in [-0.1, -0.05) is 38.1 Å². The minimum Gasteiger partial charge on any atom is -0.453 e. The van der Waals surface area contributed by atoms with Crippen molar-refractivity contribution in [3.63, 3.8) is 0 Å². The quantitative estimate of drug-likeness (QED) is 0.789. The van der Waals surface area contributed by atoms with Crippen LogP contribution in [0.1, 0.15) is 43.2 Å². The summed E-state index contributed by atoms with van der Waals surface area (Å²) in [6.45, 7) is 4.29. The average Bonchev–Trinajstić information content (AvgIpc) is 3.45. The highest BCUT2D eigenvalue weighted by atomic mass is 19.1. The topological polar surface area (TPSA) is 67.4 Å². The van der Waals surface area contributed by atoms with Crippen molar-refractivity contribution in [3.05, 3.63) is 59.4 Å². The smallest absolute Gasteiger partial charge is 0.411 e. The molecule has 2 amide bonds. The third kappa shape index (κ3) is 4.45. The average molecular weight is 370 g/mol. The molecule has 0 aromatic heterocycles. The number of anilines is 2. The number of rotatable bonds is 5. The standard InChI is InChI=1S/C21H23FN2O3/c1-12(2)13-4-6-14(7-5-13)16-11-17(16)20(25)23-15-8-9-19(18(22)10-15)24-21(26)27-3/h4-10,12,16-17H,11H2,1-3H3,(H,23,25)(H,24,26)/t16-,17+/m0/s1. The number of hydrogen-bond donors (Lipinski definition) is 2. The van der Waals surface area contributed by atoms with Crippen LogP contribution >= 0.6 is 0 Å². The largest absolute Gasteiger partial charge is 0.453 e. The van der Waals surface area contributed by atoms with Crippen LogP contribution in [-0.2, 0) is 9.53 Å². The highest BCUT2D eigenvalue weighted by Gasteiger charge is 2.43. The van der Waals surface area contributed by atoms with Gasteiger partial charge in [-0.2, -0.15) is 0 Å². The van der Waals surface area contributed by atoms with Gasteiger partial charge in [0.1, 0.15) is 5.82 Å². The molecule has 2 aromatic carbocycles. The molecule has 142 valence electrons. The van der Waals surface area contributed by atoms with E-state index in [0.29, 0.717) is 11.6 Å². The monoisotopic (exact) mass is 370 g/mol. The van der Waals surface area contributed by atoms with Crippen LogP contribution in [0.2, 0.25) is 0 Å². The first kappa shape index (κ1) is 18.9. The number of carbonyl (C=O) groups is 2. The molecule has 0 spiro atoms. The van der Waals surface area contributed by atoms with E-state index in [4.69, 9.17) is 0 Å². The fourth-order valence-corrected chi connectivity index (χ4v) is 3.07. The van der Waals surface area contributed by atoms with Crippen LogP contribution in [0, 0.1) is 11.7 Å². The maximum absolute atomic E-state index is 14.0. The molecule has 0 bridgehead atoms. The molecule has 6 heteroatoms. The molecule has 0 radical (unpaired) electrons. The van der Waals surface area contributed by atoms with Gasteiger partial charge in [0.15, 0.2) is 0 Å². The lowest BCUT2D eigenvalue weighted by Crippen LogP contribution is -2.15. The number of benzene rings is 2. The lowest BCUT2D eigenvalue weighted by Gasteiger charge is -2.09. The van der Waals surface area contributed by atoms with Crippen molar-refractivity contribution in [2.24, 2.45) is 5.92 Å². The third-order valence-corrected chi connectivity index (χ3v) is 4.82. The number of amides is 2. The van der Waals surface area contributed by atoms with E-state index in [1.165, 1.54) is 24.8 Å². The molecule has 2 N–H and O–H groups in total. The van der Waals surface area contributed by atoms with Crippen molar-refractivity contribution in [2.75, 3.05) is 17.7 Å². The lowest BCUT2D eigenvalue weighted by atomic mass is 10.00. The van der Waals surface area contributed by atoms with Crippen LogP contribution in [0.3, 0.4) is 0 Å². The number of methoxy groups -OCH3 is 1. The van der Waals surface area contributed by atoms with Crippen molar-refractivity contribution >= 4 is 23.4 Å². The van der Waals surface area contributed by atoms with Crippen LogP contribution in [0.4, 0.5) is 20.6 Å². The molecule has 0 heterocycles. The van der Waals surface area contributed by atoms with E-state index in [1.54, 1.807) is 6.07 Å². The first-order chi connectivity index (χ1) is 12.9. The maximum atomic E-state index is 14.0. The molecule has 1 fully saturated rings. The summed E-state index contributed by atoms with van der Waals surface area (Å²) in [5, 5.41) is 5.01. The van der Waals surface area contributed by atoms with Gasteiger partial charge in [0.25, 0.3) is 0 Å². The van der Waals surface area contributed by atoms with E-state index in [9.17, 15) is 14.0 Å². The first-order valence-electron chi connectivity index (χ1n) is 8.94. The van der Waals surface area contributed by atoms with Crippen molar-refractivity contribution in [3.8, 4) is 0 Å². The highest BCUT2D eigenvalue weighted by molar-refractivity contribution is 5.95. The van der Waals surface area contributed by atoms with Gasteiger partial charge >= 0.3 is 6.09 Å². The van der Waals surface area contributed by atoms with Crippen LogP contribution in [0.5, 0.6) is 0 Å². The van der Waals surface area contributed by atoms with E-state index in [-0.39, 0.29) is 23.4 Å². The van der Waals surface area contributed by atoms with E-state index in [2.05, 4.69) is 53.5 Å². The third-order valence-electron chi connectivity index (χ3n) is 4.82. The molecule has 27 heavy (non-hydrogen) atoms. The minimum absolute atomic E-state index is 0.00519. The molecule has 3 rings (SSSR count). The molecular formula is C21H23FN2O3. The molecule has 0 unspecified atom stereocenters. The normalized spacial score (nSPS) is 18.1. The number of nitrogens with one attached hydrogen (secondary N) is 2. The fourth-order valence-electron chi connectivity index (χ4n) is 3.07. The van der Waals surface area contributed by atoms with Gasteiger partial charge in [0, 0.05) is 11.6 Å².